The summed E-state index contributed by atoms with van der Waals surface area (Å²) < 4.78 is 15.4. The summed E-state index contributed by atoms with van der Waals surface area (Å²) in [6.45, 7) is 5.15. The van der Waals surface area contributed by atoms with Gasteiger partial charge in [-0.3, -0.25) is 4.79 Å². The number of hydrogen-bond acceptors (Lipinski definition) is 6. The molecule has 0 atom stereocenters. The van der Waals surface area contributed by atoms with Crippen LogP contribution in [0.15, 0.2) is 24.3 Å². The van der Waals surface area contributed by atoms with Gasteiger partial charge < -0.3 is 15.1 Å². The lowest BCUT2D eigenvalue weighted by molar-refractivity contribution is -0.131. The third-order valence-corrected chi connectivity index (χ3v) is 7.62. The van der Waals surface area contributed by atoms with Crippen molar-refractivity contribution in [1.82, 2.24) is 19.5 Å². The van der Waals surface area contributed by atoms with Crippen molar-refractivity contribution in [2.75, 3.05) is 36.4 Å². The van der Waals surface area contributed by atoms with E-state index >= 15 is 0 Å². The Morgan fingerprint density at radius 2 is 1.88 bits per heavy atom. The van der Waals surface area contributed by atoms with Crippen molar-refractivity contribution in [3.63, 3.8) is 0 Å². The fourth-order valence-electron chi connectivity index (χ4n) is 4.70. The second kappa shape index (κ2) is 9.67. The van der Waals surface area contributed by atoms with Gasteiger partial charge in [0.2, 0.25) is 16.0 Å². The summed E-state index contributed by atoms with van der Waals surface area (Å²) in [6.07, 6.45) is 7.38. The molecule has 33 heavy (non-hydrogen) atoms. The van der Waals surface area contributed by atoms with Crippen LogP contribution in [0, 0.1) is 5.82 Å². The first-order chi connectivity index (χ1) is 16.1. The molecule has 2 aromatic heterocycles. The van der Waals surface area contributed by atoms with Gasteiger partial charge in [0.1, 0.15) is 11.5 Å². The van der Waals surface area contributed by atoms with Gasteiger partial charge in [-0.1, -0.05) is 37.5 Å². The smallest absolute Gasteiger partial charge is 0.222 e. The van der Waals surface area contributed by atoms with E-state index in [4.69, 9.17) is 10.1 Å². The van der Waals surface area contributed by atoms with Crippen LogP contribution in [-0.4, -0.2) is 57.6 Å². The molecular formula is C24H31FN6OS. The predicted octanol–water partition coefficient (Wildman–Crippen LogP) is 4.79. The van der Waals surface area contributed by atoms with E-state index in [2.05, 4.69) is 17.1 Å². The van der Waals surface area contributed by atoms with Crippen LogP contribution < -0.4 is 10.2 Å². The molecular weight excluding hydrogens is 439 g/mol. The van der Waals surface area contributed by atoms with E-state index < -0.39 is 0 Å². The lowest BCUT2D eigenvalue weighted by atomic mass is 10.1. The Bertz CT molecular complexity index is 1100. The van der Waals surface area contributed by atoms with E-state index in [0.717, 1.165) is 79.0 Å². The number of rotatable bonds is 7. The van der Waals surface area contributed by atoms with Gasteiger partial charge in [0, 0.05) is 44.2 Å². The van der Waals surface area contributed by atoms with Crippen molar-refractivity contribution >= 4 is 33.2 Å². The minimum atomic E-state index is -0.252. The van der Waals surface area contributed by atoms with Crippen LogP contribution in [0.4, 0.5) is 15.3 Å². The zero-order valence-corrected chi connectivity index (χ0v) is 19.9. The molecule has 1 aromatic carbocycles. The zero-order valence-electron chi connectivity index (χ0n) is 19.1. The van der Waals surface area contributed by atoms with Crippen LogP contribution in [0.2, 0.25) is 0 Å². The van der Waals surface area contributed by atoms with E-state index in [0.29, 0.717) is 12.5 Å². The minimum Gasteiger partial charge on any atom is -0.365 e. The quantitative estimate of drug-likeness (QED) is 0.538. The molecule has 0 bridgehead atoms. The molecule has 9 heteroatoms. The fraction of sp³-hybridized carbons (Fsp3) is 0.542. The van der Waals surface area contributed by atoms with Crippen molar-refractivity contribution in [3.8, 4) is 11.3 Å². The number of carbonyl (C=O) groups is 1. The molecule has 3 heterocycles. The molecule has 1 saturated carbocycles. The number of halogens is 1. The van der Waals surface area contributed by atoms with Gasteiger partial charge in [0.05, 0.1) is 0 Å². The molecule has 1 aliphatic heterocycles. The lowest BCUT2D eigenvalue weighted by Crippen LogP contribution is -2.48. The molecule has 0 unspecified atom stereocenters. The van der Waals surface area contributed by atoms with Crippen LogP contribution in [0.25, 0.3) is 16.2 Å². The predicted molar refractivity (Wildman–Crippen MR) is 130 cm³/mol. The first-order valence-corrected chi connectivity index (χ1v) is 12.9. The fourth-order valence-corrected chi connectivity index (χ4v) is 5.65. The summed E-state index contributed by atoms with van der Waals surface area (Å²) in [5.74, 6) is 0.898. The molecule has 0 spiro atoms. The number of anilines is 2. The summed E-state index contributed by atoms with van der Waals surface area (Å²) in [6, 6.07) is 6.91. The van der Waals surface area contributed by atoms with Crippen molar-refractivity contribution in [2.24, 2.45) is 0 Å². The Kier molecular flexibility index (Phi) is 6.48. The number of fused-ring (bicyclic) bond motifs is 1. The molecule has 2 fully saturated rings. The highest BCUT2D eigenvalue weighted by Crippen LogP contribution is 2.35. The number of nitrogens with one attached hydrogen (secondary N) is 1. The first-order valence-electron chi connectivity index (χ1n) is 12.1. The molecule has 2 aliphatic rings. The van der Waals surface area contributed by atoms with Gasteiger partial charge in [0.25, 0.3) is 0 Å². The number of benzene rings is 1. The normalized spacial score (nSPS) is 17.3. The third kappa shape index (κ3) is 4.69. The molecule has 1 aliphatic carbocycles. The maximum Gasteiger partial charge on any atom is 0.222 e. The zero-order chi connectivity index (χ0) is 22.8. The van der Waals surface area contributed by atoms with E-state index in [1.54, 1.807) is 23.5 Å². The highest BCUT2D eigenvalue weighted by Gasteiger charge is 2.26. The summed E-state index contributed by atoms with van der Waals surface area (Å²) in [4.78, 5) is 22.3. The van der Waals surface area contributed by atoms with Crippen LogP contribution >= 0.6 is 11.3 Å². The maximum atomic E-state index is 13.5. The standard InChI is InChI=1S/C24H31FN6OS/c1-2-3-8-20(32)29-13-15-30(16-14-29)24-28-31-22(26-19-6-4-5-7-19)21(27-23(31)33-24)17-9-11-18(25)12-10-17/h9-12,19,26H,2-8,13-16H2,1H3. The Morgan fingerprint density at radius 1 is 1.15 bits per heavy atom. The highest BCUT2D eigenvalue weighted by molar-refractivity contribution is 7.20. The summed E-state index contributed by atoms with van der Waals surface area (Å²) in [5, 5.41) is 9.53. The number of nitrogens with zero attached hydrogens (tertiary/aromatic N) is 5. The summed E-state index contributed by atoms with van der Waals surface area (Å²) >= 11 is 1.57. The van der Waals surface area contributed by atoms with Crippen LogP contribution in [-0.2, 0) is 4.79 Å². The largest absolute Gasteiger partial charge is 0.365 e. The Labute approximate surface area is 197 Å². The number of unbranched alkanes of at least 4 members (excludes halogenated alkanes) is 1. The molecule has 1 saturated heterocycles. The first kappa shape index (κ1) is 22.1. The molecule has 1 N–H and O–H groups in total. The second-order valence-electron chi connectivity index (χ2n) is 8.99. The Morgan fingerprint density at radius 3 is 2.58 bits per heavy atom. The minimum absolute atomic E-state index is 0.252. The number of piperazine rings is 1. The van der Waals surface area contributed by atoms with E-state index in [9.17, 15) is 9.18 Å². The number of imidazole rings is 1. The number of aromatic nitrogens is 3. The van der Waals surface area contributed by atoms with Crippen LogP contribution in [0.5, 0.6) is 0 Å². The molecule has 176 valence electrons. The lowest BCUT2D eigenvalue weighted by Gasteiger charge is -2.34. The summed E-state index contributed by atoms with van der Waals surface area (Å²) in [5.41, 5.74) is 1.70. The van der Waals surface area contributed by atoms with Crippen molar-refractivity contribution < 1.29 is 9.18 Å². The third-order valence-electron chi connectivity index (χ3n) is 6.65. The second-order valence-corrected chi connectivity index (χ2v) is 9.93. The number of carbonyl (C=O) groups excluding carboxylic acids is 1. The average Bonchev–Trinajstić information content (AvgIpc) is 3.56. The van der Waals surface area contributed by atoms with E-state index in [1.807, 2.05) is 9.42 Å². The van der Waals surface area contributed by atoms with Gasteiger partial charge in [-0.05, 0) is 43.5 Å². The SMILES string of the molecule is CCCCC(=O)N1CCN(c2nn3c(NC4CCCC4)c(-c4ccc(F)cc4)nc3s2)CC1. The maximum absolute atomic E-state index is 13.5. The molecule has 1 amide bonds. The molecule has 0 radical (unpaired) electrons. The van der Waals surface area contributed by atoms with Gasteiger partial charge >= 0.3 is 0 Å². The number of hydrogen-bond donors (Lipinski definition) is 1. The van der Waals surface area contributed by atoms with Gasteiger partial charge in [-0.2, -0.15) is 4.52 Å². The van der Waals surface area contributed by atoms with Crippen molar-refractivity contribution in [2.45, 2.75) is 57.9 Å². The Hall–Kier alpha value is -2.68. The molecule has 5 rings (SSSR count). The average molecular weight is 471 g/mol. The van der Waals surface area contributed by atoms with Crippen LogP contribution in [0.1, 0.15) is 51.9 Å². The molecule has 3 aromatic rings. The number of amides is 1. The van der Waals surface area contributed by atoms with Gasteiger partial charge in [0.15, 0.2) is 5.82 Å². The monoisotopic (exact) mass is 470 g/mol. The topological polar surface area (TPSA) is 65.8 Å². The van der Waals surface area contributed by atoms with E-state index in [1.165, 1.54) is 25.0 Å². The van der Waals surface area contributed by atoms with Crippen molar-refractivity contribution in [3.05, 3.63) is 30.1 Å². The molecule has 7 nitrogen and oxygen atoms in total. The highest BCUT2D eigenvalue weighted by atomic mass is 32.1. The van der Waals surface area contributed by atoms with Crippen molar-refractivity contribution in [1.29, 1.82) is 0 Å². The van der Waals surface area contributed by atoms with Crippen LogP contribution in [0.3, 0.4) is 0 Å². The Balaban J connectivity index is 1.38. The summed E-state index contributed by atoms with van der Waals surface area (Å²) in [7, 11) is 0. The van der Waals surface area contributed by atoms with Gasteiger partial charge in [-0.25, -0.2) is 9.37 Å². The van der Waals surface area contributed by atoms with E-state index in [-0.39, 0.29) is 11.7 Å². The van der Waals surface area contributed by atoms with Gasteiger partial charge in [-0.15, -0.1) is 5.10 Å².